The lowest BCUT2D eigenvalue weighted by Gasteiger charge is -2.41. The number of anilines is 1. The SMILES string of the molecule is COc1ccc(C2CN(C)C3(C(=O)Nc4ccccc43)C2(C#N)c2nc(-c3ccc(Br)cc3)cs2)cc1. The van der Waals surface area contributed by atoms with E-state index >= 15 is 0 Å². The summed E-state index contributed by atoms with van der Waals surface area (Å²) in [6.07, 6.45) is 0. The van der Waals surface area contributed by atoms with Crippen LogP contribution in [0.4, 0.5) is 5.69 Å². The number of hydrogen-bond acceptors (Lipinski definition) is 6. The number of nitrogens with one attached hydrogen (secondary N) is 1. The van der Waals surface area contributed by atoms with Crippen LogP contribution in [0.1, 0.15) is 22.1 Å². The molecular weight excluding hydrogens is 548 g/mol. The first kappa shape index (κ1) is 23.9. The Hall–Kier alpha value is -3.51. The van der Waals surface area contributed by atoms with E-state index in [0.29, 0.717) is 11.6 Å². The van der Waals surface area contributed by atoms with Crippen molar-refractivity contribution in [3.8, 4) is 23.1 Å². The van der Waals surface area contributed by atoms with Crippen molar-refractivity contribution in [1.29, 1.82) is 5.26 Å². The lowest BCUT2D eigenvalue weighted by molar-refractivity contribution is -0.127. The van der Waals surface area contributed by atoms with Crippen LogP contribution in [0.15, 0.2) is 82.6 Å². The van der Waals surface area contributed by atoms with Gasteiger partial charge < -0.3 is 10.1 Å². The van der Waals surface area contributed by atoms with Crippen molar-refractivity contribution < 1.29 is 9.53 Å². The second-order valence-corrected chi connectivity index (χ2v) is 11.2. The Bertz CT molecular complexity index is 1550. The Balaban J connectivity index is 1.61. The summed E-state index contributed by atoms with van der Waals surface area (Å²) in [5.41, 5.74) is 1.73. The molecule has 2 aliphatic rings. The number of benzene rings is 3. The highest BCUT2D eigenvalue weighted by Crippen LogP contribution is 2.63. The molecule has 0 radical (unpaired) electrons. The number of nitriles is 1. The smallest absolute Gasteiger partial charge is 0.251 e. The van der Waals surface area contributed by atoms with Gasteiger partial charge >= 0.3 is 0 Å². The number of amides is 1. The topological polar surface area (TPSA) is 78.2 Å². The number of nitrogens with zero attached hydrogens (tertiary/aromatic N) is 3. The third-order valence-corrected chi connectivity index (χ3v) is 9.20. The highest BCUT2D eigenvalue weighted by Gasteiger charge is 2.73. The predicted octanol–water partition coefficient (Wildman–Crippen LogP) is 5.92. The highest BCUT2D eigenvalue weighted by molar-refractivity contribution is 9.10. The third kappa shape index (κ3) is 3.24. The number of para-hydroxylation sites is 1. The van der Waals surface area contributed by atoms with Gasteiger partial charge in [-0.3, -0.25) is 9.69 Å². The van der Waals surface area contributed by atoms with Crippen molar-refractivity contribution in [2.75, 3.05) is 26.0 Å². The number of carbonyl (C=O) groups excluding carboxylic acids is 1. The van der Waals surface area contributed by atoms with Crippen LogP contribution in [-0.4, -0.2) is 36.5 Å². The van der Waals surface area contributed by atoms with Crippen molar-refractivity contribution in [3.05, 3.63) is 98.8 Å². The Morgan fingerprint density at radius 2 is 1.86 bits per heavy atom. The normalized spacial score (nSPS) is 24.6. The second kappa shape index (κ2) is 8.80. The van der Waals surface area contributed by atoms with E-state index in [0.717, 1.165) is 38.3 Å². The largest absolute Gasteiger partial charge is 0.497 e. The summed E-state index contributed by atoms with van der Waals surface area (Å²) < 4.78 is 6.36. The van der Waals surface area contributed by atoms with Gasteiger partial charge in [-0.15, -0.1) is 11.3 Å². The van der Waals surface area contributed by atoms with Gasteiger partial charge in [0.1, 0.15) is 16.2 Å². The zero-order chi connectivity index (χ0) is 25.8. The van der Waals surface area contributed by atoms with E-state index in [1.807, 2.05) is 90.1 Å². The Labute approximate surface area is 227 Å². The molecule has 3 aromatic carbocycles. The molecule has 2 aliphatic heterocycles. The van der Waals surface area contributed by atoms with E-state index in [1.54, 1.807) is 7.11 Å². The van der Waals surface area contributed by atoms with Crippen molar-refractivity contribution in [1.82, 2.24) is 9.88 Å². The molecule has 37 heavy (non-hydrogen) atoms. The van der Waals surface area contributed by atoms with Gasteiger partial charge in [0.2, 0.25) is 0 Å². The number of aromatic nitrogens is 1. The minimum Gasteiger partial charge on any atom is -0.497 e. The van der Waals surface area contributed by atoms with Crippen molar-refractivity contribution >= 4 is 38.9 Å². The van der Waals surface area contributed by atoms with Gasteiger partial charge in [-0.2, -0.15) is 5.26 Å². The molecule has 1 amide bonds. The van der Waals surface area contributed by atoms with Gasteiger partial charge in [-0.1, -0.05) is 58.4 Å². The lowest BCUT2D eigenvalue weighted by Crippen LogP contribution is -2.57. The van der Waals surface area contributed by atoms with Crippen LogP contribution in [0.2, 0.25) is 0 Å². The molecule has 8 heteroatoms. The molecule has 0 saturated carbocycles. The maximum atomic E-state index is 14.1. The molecule has 4 aromatic rings. The fraction of sp³-hybridized carbons (Fsp3) is 0.207. The average Bonchev–Trinajstić information content (AvgIpc) is 3.60. The molecule has 1 spiro atoms. The number of fused-ring (bicyclic) bond motifs is 2. The van der Waals surface area contributed by atoms with Crippen LogP contribution in [-0.2, 0) is 15.7 Å². The van der Waals surface area contributed by atoms with Gasteiger partial charge in [0.05, 0.1) is 18.9 Å². The van der Waals surface area contributed by atoms with E-state index < -0.39 is 11.0 Å². The molecule has 1 N–H and O–H groups in total. The van der Waals surface area contributed by atoms with Crippen LogP contribution >= 0.6 is 27.3 Å². The van der Waals surface area contributed by atoms with Crippen molar-refractivity contribution in [3.63, 3.8) is 0 Å². The number of ether oxygens (including phenoxy) is 1. The van der Waals surface area contributed by atoms with E-state index in [-0.39, 0.29) is 11.8 Å². The summed E-state index contributed by atoms with van der Waals surface area (Å²) >= 11 is 4.93. The number of rotatable bonds is 4. The first-order valence-electron chi connectivity index (χ1n) is 11.8. The summed E-state index contributed by atoms with van der Waals surface area (Å²) in [7, 11) is 3.56. The van der Waals surface area contributed by atoms with Gasteiger partial charge in [-0.05, 0) is 42.9 Å². The van der Waals surface area contributed by atoms with Gasteiger partial charge in [0, 0.05) is 39.1 Å². The molecule has 6 rings (SSSR count). The summed E-state index contributed by atoms with van der Waals surface area (Å²) in [5.74, 6) is 0.228. The molecule has 3 unspecified atom stereocenters. The molecule has 3 atom stereocenters. The van der Waals surface area contributed by atoms with Crippen LogP contribution in [0.3, 0.4) is 0 Å². The van der Waals surface area contributed by atoms with E-state index in [2.05, 4.69) is 27.3 Å². The predicted molar refractivity (Wildman–Crippen MR) is 148 cm³/mol. The molecule has 1 fully saturated rings. The van der Waals surface area contributed by atoms with Crippen LogP contribution < -0.4 is 10.1 Å². The van der Waals surface area contributed by atoms with Crippen molar-refractivity contribution in [2.45, 2.75) is 16.9 Å². The fourth-order valence-electron chi connectivity index (χ4n) is 6.02. The van der Waals surface area contributed by atoms with Gasteiger partial charge in [0.15, 0.2) is 5.54 Å². The maximum absolute atomic E-state index is 14.1. The zero-order valence-electron chi connectivity index (χ0n) is 20.2. The Morgan fingerprint density at radius 3 is 2.57 bits per heavy atom. The number of methoxy groups -OCH3 is 1. The molecule has 3 heterocycles. The molecule has 0 aliphatic carbocycles. The number of likely N-dealkylation sites (N-methyl/N-ethyl adjacent to an activating group) is 1. The molecule has 6 nitrogen and oxygen atoms in total. The van der Waals surface area contributed by atoms with Crippen molar-refractivity contribution in [2.24, 2.45) is 0 Å². The van der Waals surface area contributed by atoms with Crippen LogP contribution in [0.5, 0.6) is 5.75 Å². The Kier molecular flexibility index (Phi) is 5.68. The first-order chi connectivity index (χ1) is 17.9. The molecule has 184 valence electrons. The summed E-state index contributed by atoms with van der Waals surface area (Å²) in [5, 5.41) is 16.9. The standard InChI is InChI=1S/C29H23BrN4O2S/c1-34-15-23(18-9-13-21(36-2)14-10-18)28(17-31,29(34)22-5-3-4-6-24(22)32-26(29)35)27-33-25(16-37-27)19-7-11-20(30)12-8-19/h3-14,16,23H,15H2,1-2H3,(H,32,35). The molecule has 0 bridgehead atoms. The summed E-state index contributed by atoms with van der Waals surface area (Å²) in [4.78, 5) is 21.1. The minimum absolute atomic E-state index is 0.200. The monoisotopic (exact) mass is 570 g/mol. The molecular formula is C29H23BrN4O2S. The number of carbonyl (C=O) groups is 1. The van der Waals surface area contributed by atoms with E-state index in [4.69, 9.17) is 9.72 Å². The van der Waals surface area contributed by atoms with E-state index in [1.165, 1.54) is 11.3 Å². The third-order valence-electron chi connectivity index (χ3n) is 7.69. The first-order valence-corrected chi connectivity index (χ1v) is 13.5. The Morgan fingerprint density at radius 1 is 1.14 bits per heavy atom. The summed E-state index contributed by atoms with van der Waals surface area (Å²) in [6.45, 7) is 0.509. The second-order valence-electron chi connectivity index (χ2n) is 9.38. The van der Waals surface area contributed by atoms with Crippen LogP contribution in [0.25, 0.3) is 11.3 Å². The van der Waals surface area contributed by atoms with Gasteiger partial charge in [0.25, 0.3) is 5.91 Å². The molecule has 1 aromatic heterocycles. The number of thiazole rings is 1. The lowest BCUT2D eigenvalue weighted by atomic mass is 9.62. The zero-order valence-corrected chi connectivity index (χ0v) is 22.6. The van der Waals surface area contributed by atoms with Crippen LogP contribution in [0, 0.1) is 11.3 Å². The fourth-order valence-corrected chi connectivity index (χ4v) is 7.37. The molecule has 1 saturated heterocycles. The number of halogens is 1. The quantitative estimate of drug-likeness (QED) is 0.329. The maximum Gasteiger partial charge on any atom is 0.251 e. The van der Waals surface area contributed by atoms with Gasteiger partial charge in [-0.25, -0.2) is 4.98 Å². The number of likely N-dealkylation sites (tertiary alicyclic amines) is 1. The summed E-state index contributed by atoms with van der Waals surface area (Å²) in [6, 6.07) is 26.1. The van der Waals surface area contributed by atoms with E-state index in [9.17, 15) is 10.1 Å². The highest BCUT2D eigenvalue weighted by atomic mass is 79.9. The number of hydrogen-bond donors (Lipinski definition) is 1. The average molecular weight is 572 g/mol. The minimum atomic E-state index is -1.27.